The largest absolute Gasteiger partial charge is 0.325 e. The lowest BCUT2D eigenvalue weighted by Crippen LogP contribution is -2.23. The third kappa shape index (κ3) is 4.36. The molecule has 0 radical (unpaired) electrons. The summed E-state index contributed by atoms with van der Waals surface area (Å²) in [4.78, 5) is 34.9. The standard InChI is InChI=1S/C24H22N4O2S/c1-15-11-12-21(25-13-15)28-23(30)18-8-4-5-9-20(18)27-24(28)31-14-22(29)26-19-10-6-7-16(2)17(19)3/h4-13H,14H2,1-3H3,(H,26,29). The Hall–Kier alpha value is -3.45. The summed E-state index contributed by atoms with van der Waals surface area (Å²) in [6.45, 7) is 5.92. The van der Waals surface area contributed by atoms with Crippen LogP contribution in [0, 0.1) is 20.8 Å². The average molecular weight is 431 g/mol. The number of hydrogen-bond acceptors (Lipinski definition) is 5. The molecule has 0 aliphatic carbocycles. The molecule has 4 rings (SSSR count). The first kappa shape index (κ1) is 20.8. The van der Waals surface area contributed by atoms with Crippen molar-refractivity contribution in [2.24, 2.45) is 0 Å². The molecule has 0 bridgehead atoms. The number of aryl methyl sites for hydroxylation is 2. The number of thioether (sulfide) groups is 1. The van der Waals surface area contributed by atoms with Gasteiger partial charge in [0.2, 0.25) is 5.91 Å². The van der Waals surface area contributed by atoms with Crippen LogP contribution >= 0.6 is 11.8 Å². The minimum absolute atomic E-state index is 0.115. The Morgan fingerprint density at radius 1 is 1.03 bits per heavy atom. The first-order chi connectivity index (χ1) is 14.9. The fourth-order valence-corrected chi connectivity index (χ4v) is 4.01. The van der Waals surface area contributed by atoms with Gasteiger partial charge in [0.1, 0.15) is 5.82 Å². The van der Waals surface area contributed by atoms with Gasteiger partial charge >= 0.3 is 0 Å². The summed E-state index contributed by atoms with van der Waals surface area (Å²) >= 11 is 1.21. The summed E-state index contributed by atoms with van der Waals surface area (Å²) in [6.07, 6.45) is 1.71. The van der Waals surface area contributed by atoms with Crippen LogP contribution in [0.2, 0.25) is 0 Å². The number of fused-ring (bicyclic) bond motifs is 1. The number of carbonyl (C=O) groups is 1. The molecule has 7 heteroatoms. The first-order valence-electron chi connectivity index (χ1n) is 9.88. The maximum atomic E-state index is 13.2. The summed E-state index contributed by atoms with van der Waals surface area (Å²) in [6, 6.07) is 16.7. The quantitative estimate of drug-likeness (QED) is 0.374. The number of para-hydroxylation sites is 1. The second kappa shape index (κ2) is 8.73. The van der Waals surface area contributed by atoms with Crippen molar-refractivity contribution in [3.05, 3.63) is 87.8 Å². The maximum absolute atomic E-state index is 13.2. The Balaban J connectivity index is 1.67. The van der Waals surface area contributed by atoms with Gasteiger partial charge in [0.05, 0.1) is 16.7 Å². The molecule has 2 aromatic carbocycles. The number of carbonyl (C=O) groups excluding carboxylic acids is 1. The molecule has 0 spiro atoms. The van der Waals surface area contributed by atoms with Gasteiger partial charge in [-0.15, -0.1) is 0 Å². The monoisotopic (exact) mass is 430 g/mol. The normalized spacial score (nSPS) is 10.9. The highest BCUT2D eigenvalue weighted by atomic mass is 32.2. The van der Waals surface area contributed by atoms with E-state index in [-0.39, 0.29) is 17.2 Å². The lowest BCUT2D eigenvalue weighted by atomic mass is 10.1. The highest BCUT2D eigenvalue weighted by molar-refractivity contribution is 7.99. The Morgan fingerprint density at radius 3 is 2.61 bits per heavy atom. The molecule has 31 heavy (non-hydrogen) atoms. The van der Waals surface area contributed by atoms with Crippen LogP contribution in [0.15, 0.2) is 70.7 Å². The van der Waals surface area contributed by atoms with Crippen molar-refractivity contribution in [2.45, 2.75) is 25.9 Å². The van der Waals surface area contributed by atoms with E-state index in [1.807, 2.05) is 57.2 Å². The first-order valence-corrected chi connectivity index (χ1v) is 10.9. The Labute approximate surface area is 184 Å². The molecule has 4 aromatic rings. The molecule has 2 heterocycles. The molecular formula is C24H22N4O2S. The minimum atomic E-state index is -0.209. The predicted molar refractivity (Wildman–Crippen MR) is 125 cm³/mol. The number of pyridine rings is 1. The summed E-state index contributed by atoms with van der Waals surface area (Å²) < 4.78 is 1.47. The van der Waals surface area contributed by atoms with Crippen molar-refractivity contribution in [1.29, 1.82) is 0 Å². The van der Waals surface area contributed by atoms with E-state index in [4.69, 9.17) is 0 Å². The van der Waals surface area contributed by atoms with Gasteiger partial charge in [-0.05, 0) is 61.7 Å². The second-order valence-corrected chi connectivity index (χ2v) is 8.27. The lowest BCUT2D eigenvalue weighted by Gasteiger charge is -2.13. The fraction of sp³-hybridized carbons (Fsp3) is 0.167. The third-order valence-electron chi connectivity index (χ3n) is 5.08. The van der Waals surface area contributed by atoms with E-state index in [2.05, 4.69) is 15.3 Å². The van der Waals surface area contributed by atoms with Crippen molar-refractivity contribution >= 4 is 34.3 Å². The van der Waals surface area contributed by atoms with E-state index in [1.54, 1.807) is 24.4 Å². The van der Waals surface area contributed by atoms with Gasteiger partial charge in [-0.1, -0.05) is 42.1 Å². The molecule has 1 N–H and O–H groups in total. The summed E-state index contributed by atoms with van der Waals surface area (Å²) in [5.74, 6) is 0.431. The molecule has 0 saturated carbocycles. The van der Waals surface area contributed by atoms with Crippen LogP contribution in [0.5, 0.6) is 0 Å². The van der Waals surface area contributed by atoms with Gasteiger partial charge in [-0.2, -0.15) is 0 Å². The number of anilines is 1. The predicted octanol–water partition coefficient (Wildman–Crippen LogP) is 4.44. The second-order valence-electron chi connectivity index (χ2n) is 7.33. The molecule has 1 amide bonds. The van der Waals surface area contributed by atoms with E-state index in [0.717, 1.165) is 22.4 Å². The van der Waals surface area contributed by atoms with Gasteiger partial charge in [0, 0.05) is 11.9 Å². The van der Waals surface area contributed by atoms with Crippen LogP contribution in [0.4, 0.5) is 5.69 Å². The maximum Gasteiger partial charge on any atom is 0.267 e. The smallest absolute Gasteiger partial charge is 0.267 e. The fourth-order valence-electron chi connectivity index (χ4n) is 3.21. The molecular weight excluding hydrogens is 408 g/mol. The Bertz CT molecular complexity index is 1330. The van der Waals surface area contributed by atoms with Crippen molar-refractivity contribution < 1.29 is 4.79 Å². The molecule has 0 unspecified atom stereocenters. The molecule has 156 valence electrons. The average Bonchev–Trinajstić information content (AvgIpc) is 2.76. The van der Waals surface area contributed by atoms with E-state index in [0.29, 0.717) is 21.9 Å². The van der Waals surface area contributed by atoms with Crippen molar-refractivity contribution in [2.75, 3.05) is 11.1 Å². The van der Waals surface area contributed by atoms with Crippen LogP contribution in [0.1, 0.15) is 16.7 Å². The minimum Gasteiger partial charge on any atom is -0.325 e. The molecule has 0 atom stereocenters. The van der Waals surface area contributed by atoms with Gasteiger partial charge < -0.3 is 5.32 Å². The third-order valence-corrected chi connectivity index (χ3v) is 6.02. The van der Waals surface area contributed by atoms with Crippen LogP contribution in [-0.2, 0) is 4.79 Å². The van der Waals surface area contributed by atoms with Crippen molar-refractivity contribution in [3.8, 4) is 5.82 Å². The topological polar surface area (TPSA) is 76.9 Å². The van der Waals surface area contributed by atoms with E-state index in [9.17, 15) is 9.59 Å². The number of hydrogen-bond donors (Lipinski definition) is 1. The zero-order valence-corrected chi connectivity index (χ0v) is 18.4. The highest BCUT2D eigenvalue weighted by Crippen LogP contribution is 2.22. The molecule has 6 nitrogen and oxygen atoms in total. The highest BCUT2D eigenvalue weighted by Gasteiger charge is 2.16. The molecule has 0 fully saturated rings. The number of nitrogens with one attached hydrogen (secondary N) is 1. The van der Waals surface area contributed by atoms with Crippen molar-refractivity contribution in [1.82, 2.24) is 14.5 Å². The Kier molecular flexibility index (Phi) is 5.86. The van der Waals surface area contributed by atoms with Crippen LogP contribution in [-0.4, -0.2) is 26.2 Å². The summed E-state index contributed by atoms with van der Waals surface area (Å²) in [5, 5.41) is 3.88. The number of aromatic nitrogens is 3. The summed E-state index contributed by atoms with van der Waals surface area (Å²) in [7, 11) is 0. The van der Waals surface area contributed by atoms with E-state index in [1.165, 1.54) is 16.3 Å². The molecule has 0 aliphatic rings. The van der Waals surface area contributed by atoms with Gasteiger partial charge in [-0.25, -0.2) is 14.5 Å². The van der Waals surface area contributed by atoms with Crippen LogP contribution in [0.3, 0.4) is 0 Å². The van der Waals surface area contributed by atoms with Crippen molar-refractivity contribution in [3.63, 3.8) is 0 Å². The number of benzene rings is 2. The van der Waals surface area contributed by atoms with Crippen LogP contribution < -0.4 is 10.9 Å². The van der Waals surface area contributed by atoms with E-state index >= 15 is 0 Å². The zero-order valence-electron chi connectivity index (χ0n) is 17.5. The lowest BCUT2D eigenvalue weighted by molar-refractivity contribution is -0.113. The number of rotatable bonds is 5. The van der Waals surface area contributed by atoms with Crippen LogP contribution in [0.25, 0.3) is 16.7 Å². The number of amides is 1. The molecule has 0 saturated heterocycles. The molecule has 2 aromatic heterocycles. The van der Waals surface area contributed by atoms with Gasteiger partial charge in [0.15, 0.2) is 5.16 Å². The summed E-state index contributed by atoms with van der Waals surface area (Å²) in [5.41, 5.74) is 4.31. The van der Waals surface area contributed by atoms with E-state index < -0.39 is 0 Å². The van der Waals surface area contributed by atoms with Gasteiger partial charge in [0.25, 0.3) is 5.56 Å². The SMILES string of the molecule is Cc1ccc(-n2c(SCC(=O)Nc3cccc(C)c3C)nc3ccccc3c2=O)nc1. The number of nitrogens with zero attached hydrogens (tertiary/aromatic N) is 3. The Morgan fingerprint density at radius 2 is 1.84 bits per heavy atom. The zero-order chi connectivity index (χ0) is 22.0. The molecule has 0 aliphatic heterocycles. The van der Waals surface area contributed by atoms with Gasteiger partial charge in [-0.3, -0.25) is 9.59 Å².